The molecule has 1 aromatic carbocycles. The summed E-state index contributed by atoms with van der Waals surface area (Å²) in [5.74, 6) is -0.360. The number of nitrogens with one attached hydrogen (secondary N) is 3. The summed E-state index contributed by atoms with van der Waals surface area (Å²) >= 11 is 0. The fraction of sp³-hybridized carbons (Fsp3) is 0.250. The molecule has 24 heavy (non-hydrogen) atoms. The molecule has 3 rings (SSSR count). The Labute approximate surface area is 138 Å². The van der Waals surface area contributed by atoms with E-state index < -0.39 is 4.92 Å². The Hall–Kier alpha value is -3.16. The van der Waals surface area contributed by atoms with Gasteiger partial charge in [-0.15, -0.1) is 0 Å². The molecule has 0 fully saturated rings. The van der Waals surface area contributed by atoms with Gasteiger partial charge in [-0.1, -0.05) is 18.7 Å². The van der Waals surface area contributed by atoms with E-state index in [0.717, 1.165) is 36.9 Å². The number of rotatable bonds is 5. The summed E-state index contributed by atoms with van der Waals surface area (Å²) in [5.41, 5.74) is 8.43. The van der Waals surface area contributed by atoms with Crippen molar-refractivity contribution < 1.29 is 9.72 Å². The normalized spacial score (nSPS) is 13.0. The van der Waals surface area contributed by atoms with E-state index in [4.69, 9.17) is 0 Å². The highest BCUT2D eigenvalue weighted by molar-refractivity contribution is 5.94. The number of aromatic nitrogens is 2. The quantitative estimate of drug-likeness (QED) is 0.575. The number of benzene rings is 1. The van der Waals surface area contributed by atoms with Crippen LogP contribution in [-0.2, 0) is 12.8 Å². The van der Waals surface area contributed by atoms with Crippen LogP contribution >= 0.6 is 0 Å². The Morgan fingerprint density at radius 2 is 2.08 bits per heavy atom. The number of carbonyl (C=O) groups is 1. The molecule has 0 bridgehead atoms. The van der Waals surface area contributed by atoms with Gasteiger partial charge >= 0.3 is 0 Å². The molecule has 0 atom stereocenters. The number of H-pyrrole nitrogens is 1. The zero-order chi connectivity index (χ0) is 17.1. The van der Waals surface area contributed by atoms with Gasteiger partial charge < -0.3 is 0 Å². The molecule has 1 aliphatic rings. The van der Waals surface area contributed by atoms with E-state index >= 15 is 0 Å². The second kappa shape index (κ2) is 6.53. The van der Waals surface area contributed by atoms with Gasteiger partial charge in [0.1, 0.15) is 0 Å². The topological polar surface area (TPSA) is 113 Å². The van der Waals surface area contributed by atoms with Crippen LogP contribution in [0.25, 0.3) is 5.70 Å². The molecule has 1 heterocycles. The first-order valence-electron chi connectivity index (χ1n) is 7.62. The molecule has 0 unspecified atom stereocenters. The number of carbonyl (C=O) groups excluding carboxylic acids is 1. The van der Waals surface area contributed by atoms with E-state index in [1.165, 1.54) is 12.1 Å². The van der Waals surface area contributed by atoms with Crippen molar-refractivity contribution in [1.29, 1.82) is 0 Å². The fourth-order valence-electron chi connectivity index (χ4n) is 2.74. The van der Waals surface area contributed by atoms with E-state index in [1.54, 1.807) is 12.1 Å². The smallest absolute Gasteiger partial charge is 0.290 e. The average molecular weight is 327 g/mol. The lowest BCUT2D eigenvalue weighted by atomic mass is 9.96. The maximum Gasteiger partial charge on any atom is 0.290 e. The summed E-state index contributed by atoms with van der Waals surface area (Å²) in [6, 6.07) is 6.01. The van der Waals surface area contributed by atoms with Crippen molar-refractivity contribution in [1.82, 2.24) is 21.0 Å². The van der Waals surface area contributed by atoms with Crippen LogP contribution in [0.3, 0.4) is 0 Å². The summed E-state index contributed by atoms with van der Waals surface area (Å²) in [5, 5.41) is 17.8. The average Bonchev–Trinajstić information content (AvgIpc) is 3.03. The number of aryl methyl sites for hydroxylation is 1. The summed E-state index contributed by atoms with van der Waals surface area (Å²) < 4.78 is 0. The van der Waals surface area contributed by atoms with Crippen molar-refractivity contribution in [2.75, 3.05) is 0 Å². The van der Waals surface area contributed by atoms with Crippen molar-refractivity contribution >= 4 is 17.3 Å². The predicted molar refractivity (Wildman–Crippen MR) is 88.0 cm³/mol. The van der Waals surface area contributed by atoms with Gasteiger partial charge in [0.2, 0.25) is 0 Å². The molecule has 8 heteroatoms. The van der Waals surface area contributed by atoms with E-state index in [9.17, 15) is 14.9 Å². The summed E-state index contributed by atoms with van der Waals surface area (Å²) in [6.07, 6.45) is 3.88. The minimum Gasteiger partial charge on any atom is -0.298 e. The second-order valence-electron chi connectivity index (χ2n) is 5.60. The first-order chi connectivity index (χ1) is 11.6. The lowest BCUT2D eigenvalue weighted by Gasteiger charge is -2.13. The van der Waals surface area contributed by atoms with Crippen molar-refractivity contribution in [3.05, 3.63) is 63.5 Å². The standard InChI is InChI=1S/C16H17N5O3/c1-10(11-5-4-6-12(9-11)21(23)24)17-20-16(22)15-13-7-2-3-8-14(13)18-19-15/h4-6,9,17H,1-3,7-8H2,(H,18,19)(H,20,22). The van der Waals surface area contributed by atoms with Crippen LogP contribution in [0.1, 0.15) is 40.2 Å². The van der Waals surface area contributed by atoms with Crippen LogP contribution in [0.15, 0.2) is 30.8 Å². The van der Waals surface area contributed by atoms with Crippen LogP contribution in [0.4, 0.5) is 5.69 Å². The highest BCUT2D eigenvalue weighted by Gasteiger charge is 2.21. The third kappa shape index (κ3) is 3.12. The number of hydrogen-bond donors (Lipinski definition) is 3. The lowest BCUT2D eigenvalue weighted by molar-refractivity contribution is -0.384. The molecule has 8 nitrogen and oxygen atoms in total. The number of nitro groups is 1. The number of nitro benzene ring substituents is 1. The predicted octanol–water partition coefficient (Wildman–Crippen LogP) is 2.10. The molecule has 0 saturated heterocycles. The van der Waals surface area contributed by atoms with Crippen LogP contribution in [0.5, 0.6) is 0 Å². The fourth-order valence-corrected chi connectivity index (χ4v) is 2.74. The van der Waals surface area contributed by atoms with Gasteiger partial charge in [0, 0.05) is 29.0 Å². The maximum absolute atomic E-state index is 12.3. The van der Waals surface area contributed by atoms with Crippen molar-refractivity contribution in [2.45, 2.75) is 25.7 Å². The Morgan fingerprint density at radius 1 is 1.29 bits per heavy atom. The lowest BCUT2D eigenvalue weighted by Crippen LogP contribution is -2.36. The molecule has 1 aliphatic carbocycles. The summed E-state index contributed by atoms with van der Waals surface area (Å²) in [4.78, 5) is 22.6. The molecular formula is C16H17N5O3. The van der Waals surface area contributed by atoms with Crippen LogP contribution in [0, 0.1) is 10.1 Å². The SMILES string of the molecule is C=C(NNC(=O)c1n[nH]c2c1CCCC2)c1cccc([N+](=O)[O-])c1. The van der Waals surface area contributed by atoms with Gasteiger partial charge in [-0.25, -0.2) is 0 Å². The molecule has 124 valence electrons. The number of hydrazine groups is 1. The number of fused-ring (bicyclic) bond motifs is 1. The number of non-ortho nitro benzene ring substituents is 1. The first-order valence-corrected chi connectivity index (χ1v) is 7.62. The molecule has 2 aromatic rings. The minimum absolute atomic E-state index is 0.0388. The Kier molecular flexibility index (Phi) is 4.28. The minimum atomic E-state index is -0.481. The van der Waals surface area contributed by atoms with Gasteiger partial charge in [-0.05, 0) is 25.7 Å². The van der Waals surface area contributed by atoms with Crippen LogP contribution < -0.4 is 10.9 Å². The van der Waals surface area contributed by atoms with E-state index in [-0.39, 0.29) is 11.6 Å². The Bertz CT molecular complexity index is 812. The highest BCUT2D eigenvalue weighted by atomic mass is 16.6. The number of amides is 1. The maximum atomic E-state index is 12.3. The van der Waals surface area contributed by atoms with Crippen molar-refractivity contribution in [3.8, 4) is 0 Å². The van der Waals surface area contributed by atoms with Crippen molar-refractivity contribution in [3.63, 3.8) is 0 Å². The van der Waals surface area contributed by atoms with Crippen molar-refractivity contribution in [2.24, 2.45) is 0 Å². The van der Waals surface area contributed by atoms with E-state index in [2.05, 4.69) is 27.6 Å². The molecule has 1 aromatic heterocycles. The first kappa shape index (κ1) is 15.7. The van der Waals surface area contributed by atoms with Gasteiger partial charge in [0.15, 0.2) is 5.69 Å². The third-order valence-corrected chi connectivity index (χ3v) is 4.00. The summed E-state index contributed by atoms with van der Waals surface area (Å²) in [6.45, 7) is 3.79. The summed E-state index contributed by atoms with van der Waals surface area (Å²) in [7, 11) is 0. The number of hydrogen-bond acceptors (Lipinski definition) is 5. The third-order valence-electron chi connectivity index (χ3n) is 4.00. The zero-order valence-corrected chi connectivity index (χ0v) is 13.0. The second-order valence-corrected chi connectivity index (χ2v) is 5.60. The molecule has 0 saturated carbocycles. The number of aromatic amines is 1. The van der Waals surface area contributed by atoms with E-state index in [0.29, 0.717) is 17.0 Å². The van der Waals surface area contributed by atoms with Crippen LogP contribution in [-0.4, -0.2) is 21.0 Å². The monoisotopic (exact) mass is 327 g/mol. The molecule has 0 spiro atoms. The Morgan fingerprint density at radius 3 is 2.88 bits per heavy atom. The number of nitrogens with zero attached hydrogens (tertiary/aromatic N) is 2. The zero-order valence-electron chi connectivity index (χ0n) is 13.0. The molecule has 0 radical (unpaired) electrons. The van der Waals surface area contributed by atoms with Gasteiger partial charge in [-0.3, -0.25) is 30.9 Å². The van der Waals surface area contributed by atoms with Gasteiger partial charge in [0.05, 0.1) is 10.6 Å². The largest absolute Gasteiger partial charge is 0.298 e. The van der Waals surface area contributed by atoms with Crippen LogP contribution in [0.2, 0.25) is 0 Å². The Balaban J connectivity index is 1.66. The van der Waals surface area contributed by atoms with Gasteiger partial charge in [-0.2, -0.15) is 5.10 Å². The molecule has 0 aliphatic heterocycles. The van der Waals surface area contributed by atoms with E-state index in [1.807, 2.05) is 0 Å². The highest BCUT2D eigenvalue weighted by Crippen LogP contribution is 2.22. The molecule has 1 amide bonds. The molecule has 3 N–H and O–H groups in total. The molecular weight excluding hydrogens is 310 g/mol. The van der Waals surface area contributed by atoms with Gasteiger partial charge in [0.25, 0.3) is 11.6 Å².